The van der Waals surface area contributed by atoms with E-state index in [1.54, 1.807) is 0 Å². The third kappa shape index (κ3) is 4.49. The van der Waals surface area contributed by atoms with Gasteiger partial charge < -0.3 is 10.2 Å². The first-order valence-corrected chi connectivity index (χ1v) is 10.5. The number of amides is 1. The van der Waals surface area contributed by atoms with Crippen LogP contribution in [0.1, 0.15) is 64.9 Å². The lowest BCUT2D eigenvalue weighted by Crippen LogP contribution is -2.28. The molecule has 4 nitrogen and oxygen atoms in total. The van der Waals surface area contributed by atoms with Crippen molar-refractivity contribution in [1.29, 1.82) is 0 Å². The predicted molar refractivity (Wildman–Crippen MR) is 116 cm³/mol. The fourth-order valence-electron chi connectivity index (χ4n) is 3.57. The van der Waals surface area contributed by atoms with Crippen molar-refractivity contribution in [3.8, 4) is 5.75 Å². The van der Waals surface area contributed by atoms with E-state index >= 15 is 0 Å². The van der Waals surface area contributed by atoms with E-state index in [9.17, 15) is 4.79 Å². The zero-order valence-corrected chi connectivity index (χ0v) is 17.3. The molecule has 2 N–H and O–H groups in total. The van der Waals surface area contributed by atoms with Crippen LogP contribution in [0.4, 0.5) is 0 Å². The van der Waals surface area contributed by atoms with Gasteiger partial charge in [-0.25, -0.2) is 0 Å². The second kappa shape index (κ2) is 9.13. The van der Waals surface area contributed by atoms with Gasteiger partial charge in [0.15, 0.2) is 0 Å². The molecule has 4 heteroatoms. The Morgan fingerprint density at radius 2 is 1.68 bits per heavy atom. The van der Waals surface area contributed by atoms with Crippen molar-refractivity contribution in [2.24, 2.45) is 5.41 Å². The van der Waals surface area contributed by atoms with Crippen molar-refractivity contribution < 1.29 is 9.53 Å². The number of rotatable bonds is 9. The minimum absolute atomic E-state index is 0.0152. The quantitative estimate of drug-likeness (QED) is 0.558. The Bertz CT molecular complexity index is 850. The molecular formula is C24H32N2O2. The number of unbranched alkanes of at least 4 members (excludes halogenated alkanes) is 5. The van der Waals surface area contributed by atoms with Gasteiger partial charge >= 0.3 is 0 Å². The van der Waals surface area contributed by atoms with Crippen molar-refractivity contribution >= 4 is 22.8 Å². The van der Waals surface area contributed by atoms with E-state index in [4.69, 9.17) is 4.74 Å². The number of fused-ring (bicyclic) bond motifs is 1. The van der Waals surface area contributed by atoms with Crippen molar-refractivity contribution in [2.45, 2.75) is 59.3 Å². The minimum atomic E-state index is -0.573. The van der Waals surface area contributed by atoms with Gasteiger partial charge in [0.05, 0.1) is 12.0 Å². The topological polar surface area (TPSA) is 50.4 Å². The zero-order valence-electron chi connectivity index (χ0n) is 17.3. The van der Waals surface area contributed by atoms with Gasteiger partial charge in [0.25, 0.3) is 0 Å². The van der Waals surface area contributed by atoms with E-state index < -0.39 is 5.41 Å². The molecule has 0 unspecified atom stereocenters. The molecule has 0 spiro atoms. The van der Waals surface area contributed by atoms with E-state index in [1.165, 1.54) is 32.1 Å². The molecule has 1 saturated heterocycles. The van der Waals surface area contributed by atoms with Crippen LogP contribution >= 0.6 is 0 Å². The second-order valence-corrected chi connectivity index (χ2v) is 8.08. The fourth-order valence-corrected chi connectivity index (χ4v) is 3.57. The van der Waals surface area contributed by atoms with Crippen molar-refractivity contribution in [2.75, 3.05) is 6.61 Å². The van der Waals surface area contributed by atoms with Gasteiger partial charge in [-0.05, 0) is 43.4 Å². The van der Waals surface area contributed by atoms with E-state index in [1.807, 2.05) is 32.0 Å². The molecule has 0 bridgehead atoms. The van der Waals surface area contributed by atoms with E-state index in [-0.39, 0.29) is 5.91 Å². The Morgan fingerprint density at radius 3 is 2.39 bits per heavy atom. The molecule has 150 valence electrons. The number of ether oxygens (including phenoxy) is 1. The summed E-state index contributed by atoms with van der Waals surface area (Å²) in [7, 11) is 0. The van der Waals surface area contributed by atoms with Gasteiger partial charge in [-0.2, -0.15) is 0 Å². The lowest BCUT2D eigenvalue weighted by atomic mass is 9.88. The largest absolute Gasteiger partial charge is 0.493 e. The fraction of sp³-hybridized carbons (Fsp3) is 0.458. The molecule has 0 saturated carbocycles. The average Bonchev–Trinajstić information content (AvgIpc) is 2.94. The maximum atomic E-state index is 12.1. The van der Waals surface area contributed by atoms with Crippen LogP contribution in [0.15, 0.2) is 42.1 Å². The first kappa shape index (κ1) is 20.2. The summed E-state index contributed by atoms with van der Waals surface area (Å²) in [6, 6.07) is 12.4. The summed E-state index contributed by atoms with van der Waals surface area (Å²) in [6.45, 7) is 6.83. The average molecular weight is 381 g/mol. The smallest absolute Gasteiger partial charge is 0.249 e. The minimum Gasteiger partial charge on any atom is -0.493 e. The molecule has 0 radical (unpaired) electrons. The van der Waals surface area contributed by atoms with Crippen LogP contribution < -0.4 is 15.6 Å². The monoisotopic (exact) mass is 380 g/mol. The maximum Gasteiger partial charge on any atom is 0.249 e. The zero-order chi connectivity index (χ0) is 20.0. The number of carbonyl (C=O) groups is 1. The molecule has 1 aliphatic rings. The molecule has 1 fully saturated rings. The molecule has 2 aromatic carbocycles. The molecule has 1 aliphatic heterocycles. The number of nitrogens with one attached hydrogen (secondary N) is 2. The van der Waals surface area contributed by atoms with Crippen molar-refractivity contribution in [3.05, 3.63) is 47.7 Å². The van der Waals surface area contributed by atoms with Gasteiger partial charge in [0, 0.05) is 11.1 Å². The number of hydrazine groups is 1. The van der Waals surface area contributed by atoms with Gasteiger partial charge in [-0.15, -0.1) is 0 Å². The standard InChI is InChI=1S/C24H32N2O2/c1-4-5-6-7-8-9-16-28-20-15-11-13-18-12-10-14-19(22(18)20)17-21-24(2,3)23(27)26-25-21/h10-15,17,25H,4-9,16H2,1-3H3,(H,26,27)/b21-17-. The highest BCUT2D eigenvalue weighted by molar-refractivity contribution is 5.97. The van der Waals surface area contributed by atoms with Crippen LogP contribution in [0, 0.1) is 5.41 Å². The Hall–Kier alpha value is -2.49. The lowest BCUT2D eigenvalue weighted by Gasteiger charge is -2.16. The van der Waals surface area contributed by atoms with Crippen molar-refractivity contribution in [3.63, 3.8) is 0 Å². The Labute approximate surface area is 168 Å². The van der Waals surface area contributed by atoms with Crippen molar-refractivity contribution in [1.82, 2.24) is 10.9 Å². The van der Waals surface area contributed by atoms with Crippen LogP contribution in [0.3, 0.4) is 0 Å². The molecule has 28 heavy (non-hydrogen) atoms. The summed E-state index contributed by atoms with van der Waals surface area (Å²) in [5.74, 6) is 0.895. The van der Waals surface area contributed by atoms with Crippen LogP contribution in [0.5, 0.6) is 5.75 Å². The molecule has 0 aromatic heterocycles. The number of hydrogen-bond acceptors (Lipinski definition) is 3. The third-order valence-electron chi connectivity index (χ3n) is 5.51. The first-order chi connectivity index (χ1) is 13.5. The SMILES string of the molecule is CCCCCCCCOc1cccc2cccc(/C=C3\NNC(=O)C3(C)C)c12. The molecule has 0 atom stereocenters. The van der Waals surface area contributed by atoms with E-state index in [2.05, 4.69) is 42.1 Å². The number of carbonyl (C=O) groups excluding carboxylic acids is 1. The first-order valence-electron chi connectivity index (χ1n) is 10.5. The molecule has 1 amide bonds. The summed E-state index contributed by atoms with van der Waals surface area (Å²) in [5, 5.41) is 2.24. The number of hydrogen-bond donors (Lipinski definition) is 2. The molecule has 3 rings (SSSR count). The van der Waals surface area contributed by atoms with Gasteiger partial charge in [-0.3, -0.25) is 10.2 Å². The highest BCUT2D eigenvalue weighted by Crippen LogP contribution is 2.34. The second-order valence-electron chi connectivity index (χ2n) is 8.08. The third-order valence-corrected chi connectivity index (χ3v) is 5.51. The lowest BCUT2D eigenvalue weighted by molar-refractivity contribution is -0.125. The normalized spacial score (nSPS) is 17.0. The summed E-state index contributed by atoms with van der Waals surface area (Å²) >= 11 is 0. The summed E-state index contributed by atoms with van der Waals surface area (Å²) in [4.78, 5) is 12.1. The van der Waals surface area contributed by atoms with Gasteiger partial charge in [0.1, 0.15) is 5.75 Å². The molecule has 1 heterocycles. The summed E-state index contributed by atoms with van der Waals surface area (Å²) in [6.07, 6.45) is 9.55. The summed E-state index contributed by atoms with van der Waals surface area (Å²) < 4.78 is 6.17. The highest BCUT2D eigenvalue weighted by atomic mass is 16.5. The highest BCUT2D eigenvalue weighted by Gasteiger charge is 2.37. The van der Waals surface area contributed by atoms with Gasteiger partial charge in [-0.1, -0.05) is 69.4 Å². The maximum absolute atomic E-state index is 12.1. The van der Waals surface area contributed by atoms with Crippen LogP contribution in [-0.2, 0) is 4.79 Å². The van der Waals surface area contributed by atoms with Gasteiger partial charge in [0.2, 0.25) is 5.91 Å². The molecule has 2 aromatic rings. The predicted octanol–water partition coefficient (Wildman–Crippen LogP) is 5.58. The molecule has 0 aliphatic carbocycles. The van der Waals surface area contributed by atoms with E-state index in [0.29, 0.717) is 0 Å². The van der Waals surface area contributed by atoms with E-state index in [0.717, 1.165) is 40.8 Å². The van der Waals surface area contributed by atoms with Crippen LogP contribution in [0.2, 0.25) is 0 Å². The van der Waals surface area contributed by atoms with Crippen LogP contribution in [0.25, 0.3) is 16.8 Å². The Kier molecular flexibility index (Phi) is 6.61. The Balaban J connectivity index is 1.78. The summed E-state index contributed by atoms with van der Waals surface area (Å²) in [5.41, 5.74) is 7.10. The Morgan fingerprint density at radius 1 is 0.964 bits per heavy atom. The van der Waals surface area contributed by atoms with Crippen LogP contribution in [-0.4, -0.2) is 12.5 Å². The number of benzene rings is 2. The molecular weight excluding hydrogens is 348 g/mol.